The predicted octanol–water partition coefficient (Wildman–Crippen LogP) is 1.16. The molecular weight excluding hydrogens is 216 g/mol. The van der Waals surface area contributed by atoms with E-state index >= 15 is 0 Å². The third kappa shape index (κ3) is 4.28. The van der Waals surface area contributed by atoms with Crippen LogP contribution in [0.3, 0.4) is 0 Å². The highest BCUT2D eigenvalue weighted by Crippen LogP contribution is 2.25. The summed E-state index contributed by atoms with van der Waals surface area (Å²) in [5, 5.41) is 6.32. The molecule has 1 saturated heterocycles. The maximum Gasteiger partial charge on any atom is 0.227 e. The molecule has 1 rings (SSSR count). The molecule has 0 aromatic carbocycles. The zero-order valence-electron chi connectivity index (χ0n) is 11.6. The first-order valence-electron chi connectivity index (χ1n) is 6.38. The molecule has 1 fully saturated rings. The lowest BCUT2D eigenvalue weighted by molar-refractivity contribution is -0.129. The Kier molecular flexibility index (Phi) is 4.95. The average molecular weight is 242 g/mol. The van der Waals surface area contributed by atoms with Crippen LogP contribution < -0.4 is 10.6 Å². The smallest absolute Gasteiger partial charge is 0.227 e. The molecule has 0 aromatic heterocycles. The van der Waals surface area contributed by atoms with Crippen LogP contribution in [0.15, 0.2) is 0 Å². The normalized spacial score (nSPS) is 24.9. The van der Waals surface area contributed by atoms with Crippen LogP contribution in [0, 0.1) is 10.8 Å². The Hall–Kier alpha value is -0.610. The first kappa shape index (κ1) is 14.5. The Bertz CT molecular complexity index is 258. The summed E-state index contributed by atoms with van der Waals surface area (Å²) in [5.74, 6) is 0.174. The highest BCUT2D eigenvalue weighted by molar-refractivity contribution is 5.82. The topological polar surface area (TPSA) is 50.4 Å². The minimum Gasteiger partial charge on any atom is -0.385 e. The van der Waals surface area contributed by atoms with E-state index in [0.717, 1.165) is 32.5 Å². The van der Waals surface area contributed by atoms with Gasteiger partial charge in [0.05, 0.1) is 5.41 Å². The Labute approximate surface area is 104 Å². The molecule has 4 nitrogen and oxygen atoms in total. The third-order valence-corrected chi connectivity index (χ3v) is 3.63. The zero-order chi connectivity index (χ0) is 12.9. The van der Waals surface area contributed by atoms with Crippen molar-refractivity contribution in [1.82, 2.24) is 10.6 Å². The van der Waals surface area contributed by atoms with E-state index in [4.69, 9.17) is 4.74 Å². The van der Waals surface area contributed by atoms with Crippen LogP contribution in [-0.2, 0) is 9.53 Å². The fourth-order valence-electron chi connectivity index (χ4n) is 2.01. The van der Waals surface area contributed by atoms with E-state index in [0.29, 0.717) is 6.54 Å². The van der Waals surface area contributed by atoms with Crippen molar-refractivity contribution in [2.24, 2.45) is 10.8 Å². The molecule has 1 aliphatic rings. The summed E-state index contributed by atoms with van der Waals surface area (Å²) >= 11 is 0. The maximum absolute atomic E-state index is 12.1. The molecule has 0 bridgehead atoms. The number of ether oxygens (including phenoxy) is 1. The molecule has 0 spiro atoms. The van der Waals surface area contributed by atoms with Gasteiger partial charge in [-0.2, -0.15) is 0 Å². The van der Waals surface area contributed by atoms with Gasteiger partial charge in [0.1, 0.15) is 0 Å². The van der Waals surface area contributed by atoms with E-state index < -0.39 is 0 Å². The Balaban J connectivity index is 2.36. The molecule has 17 heavy (non-hydrogen) atoms. The second-order valence-corrected chi connectivity index (χ2v) is 6.08. The van der Waals surface area contributed by atoms with Crippen molar-refractivity contribution in [3.8, 4) is 0 Å². The number of carbonyl (C=O) groups is 1. The molecule has 1 unspecified atom stereocenters. The summed E-state index contributed by atoms with van der Waals surface area (Å²) in [6.45, 7) is 9.52. The number of nitrogens with one attached hydrogen (secondary N) is 2. The van der Waals surface area contributed by atoms with Gasteiger partial charge in [-0.3, -0.25) is 4.79 Å². The summed E-state index contributed by atoms with van der Waals surface area (Å²) < 4.78 is 5.08. The second-order valence-electron chi connectivity index (χ2n) is 6.08. The first-order chi connectivity index (χ1) is 7.90. The van der Waals surface area contributed by atoms with E-state index in [-0.39, 0.29) is 16.7 Å². The van der Waals surface area contributed by atoms with Gasteiger partial charge in [-0.25, -0.2) is 0 Å². The van der Waals surface area contributed by atoms with Crippen LogP contribution in [0.25, 0.3) is 0 Å². The molecular formula is C13H26N2O2. The van der Waals surface area contributed by atoms with Gasteiger partial charge in [0.2, 0.25) is 5.91 Å². The predicted molar refractivity (Wildman–Crippen MR) is 68.9 cm³/mol. The van der Waals surface area contributed by atoms with Crippen molar-refractivity contribution in [2.75, 3.05) is 33.4 Å². The van der Waals surface area contributed by atoms with E-state index in [1.807, 2.05) is 6.92 Å². The molecule has 2 N–H and O–H groups in total. The molecule has 100 valence electrons. The third-order valence-electron chi connectivity index (χ3n) is 3.63. The number of hydrogen-bond donors (Lipinski definition) is 2. The average Bonchev–Trinajstić information content (AvgIpc) is 2.72. The number of hydrogen-bond acceptors (Lipinski definition) is 3. The van der Waals surface area contributed by atoms with Gasteiger partial charge in [0.15, 0.2) is 0 Å². The number of rotatable bonds is 6. The summed E-state index contributed by atoms with van der Waals surface area (Å²) in [7, 11) is 1.71. The molecule has 0 saturated carbocycles. The summed E-state index contributed by atoms with van der Waals surface area (Å²) in [5.41, 5.74) is -0.134. The number of amides is 1. The SMILES string of the molecule is COCCC(C)(C)CNC(=O)C1(C)CCNC1. The molecule has 0 radical (unpaired) electrons. The van der Waals surface area contributed by atoms with Gasteiger partial charge < -0.3 is 15.4 Å². The van der Waals surface area contributed by atoms with Gasteiger partial charge in [0, 0.05) is 26.8 Å². The monoisotopic (exact) mass is 242 g/mol. The van der Waals surface area contributed by atoms with Crippen molar-refractivity contribution in [3.63, 3.8) is 0 Å². The van der Waals surface area contributed by atoms with E-state index in [1.54, 1.807) is 7.11 Å². The fraction of sp³-hybridized carbons (Fsp3) is 0.923. The van der Waals surface area contributed by atoms with Gasteiger partial charge in [-0.1, -0.05) is 13.8 Å². The van der Waals surface area contributed by atoms with Crippen molar-refractivity contribution >= 4 is 5.91 Å². The van der Waals surface area contributed by atoms with Gasteiger partial charge >= 0.3 is 0 Å². The van der Waals surface area contributed by atoms with Crippen molar-refractivity contribution < 1.29 is 9.53 Å². The molecule has 4 heteroatoms. The van der Waals surface area contributed by atoms with Crippen LogP contribution in [-0.4, -0.2) is 39.3 Å². The molecule has 1 amide bonds. The summed E-state index contributed by atoms with van der Waals surface area (Å²) in [6.07, 6.45) is 1.88. The van der Waals surface area contributed by atoms with E-state index in [2.05, 4.69) is 24.5 Å². The molecule has 1 heterocycles. The van der Waals surface area contributed by atoms with E-state index in [9.17, 15) is 4.79 Å². The minimum absolute atomic E-state index is 0.0913. The van der Waals surface area contributed by atoms with Gasteiger partial charge in [-0.15, -0.1) is 0 Å². The molecule has 1 atom stereocenters. The van der Waals surface area contributed by atoms with Crippen LogP contribution >= 0.6 is 0 Å². The highest BCUT2D eigenvalue weighted by atomic mass is 16.5. The highest BCUT2D eigenvalue weighted by Gasteiger charge is 2.36. The minimum atomic E-state index is -0.225. The Morgan fingerprint density at radius 1 is 1.53 bits per heavy atom. The zero-order valence-corrected chi connectivity index (χ0v) is 11.6. The van der Waals surface area contributed by atoms with Crippen LogP contribution in [0.2, 0.25) is 0 Å². The second kappa shape index (κ2) is 5.83. The van der Waals surface area contributed by atoms with Crippen LogP contribution in [0.5, 0.6) is 0 Å². The fourth-order valence-corrected chi connectivity index (χ4v) is 2.01. The molecule has 0 aliphatic carbocycles. The summed E-state index contributed by atoms with van der Waals surface area (Å²) in [6, 6.07) is 0. The van der Waals surface area contributed by atoms with Crippen LogP contribution in [0.4, 0.5) is 0 Å². The summed E-state index contributed by atoms with van der Waals surface area (Å²) in [4.78, 5) is 12.1. The van der Waals surface area contributed by atoms with Crippen LogP contribution in [0.1, 0.15) is 33.6 Å². The first-order valence-corrected chi connectivity index (χ1v) is 6.38. The standard InChI is InChI=1S/C13H26N2O2/c1-12(2,6-8-17-4)9-15-11(16)13(3)5-7-14-10-13/h14H,5-10H2,1-4H3,(H,15,16). The quantitative estimate of drug-likeness (QED) is 0.735. The molecule has 1 aliphatic heterocycles. The maximum atomic E-state index is 12.1. The van der Waals surface area contributed by atoms with Gasteiger partial charge in [0.25, 0.3) is 0 Å². The molecule has 0 aromatic rings. The van der Waals surface area contributed by atoms with Crippen molar-refractivity contribution in [1.29, 1.82) is 0 Å². The lowest BCUT2D eigenvalue weighted by atomic mass is 9.86. The Morgan fingerprint density at radius 3 is 2.76 bits per heavy atom. The van der Waals surface area contributed by atoms with Gasteiger partial charge in [-0.05, 0) is 31.7 Å². The largest absolute Gasteiger partial charge is 0.385 e. The van der Waals surface area contributed by atoms with Crippen molar-refractivity contribution in [3.05, 3.63) is 0 Å². The van der Waals surface area contributed by atoms with E-state index in [1.165, 1.54) is 0 Å². The lowest BCUT2D eigenvalue weighted by Crippen LogP contribution is -2.44. The lowest BCUT2D eigenvalue weighted by Gasteiger charge is -2.28. The van der Waals surface area contributed by atoms with Crippen molar-refractivity contribution in [2.45, 2.75) is 33.6 Å². The number of carbonyl (C=O) groups excluding carboxylic acids is 1. The Morgan fingerprint density at radius 2 is 2.24 bits per heavy atom. The number of methoxy groups -OCH3 is 1.